The average molecular weight is 266 g/mol. The maximum Gasteiger partial charge on any atom is 0.123 e. The van der Waals surface area contributed by atoms with Crippen molar-refractivity contribution in [2.75, 3.05) is 0 Å². The smallest absolute Gasteiger partial charge is 0.123 e. The molecule has 3 nitrogen and oxygen atoms in total. The molecule has 3 heteroatoms. The minimum absolute atomic E-state index is 0.548. The van der Waals surface area contributed by atoms with E-state index in [1.807, 2.05) is 24.3 Å². The summed E-state index contributed by atoms with van der Waals surface area (Å²) in [6, 6.07) is 18.5. The lowest BCUT2D eigenvalue weighted by molar-refractivity contribution is 0.0668. The highest BCUT2D eigenvalue weighted by Crippen LogP contribution is 2.20. The van der Waals surface area contributed by atoms with Crippen LogP contribution in [0.2, 0.25) is 0 Å². The van der Waals surface area contributed by atoms with Crippen LogP contribution in [-0.4, -0.2) is 4.57 Å². The Labute approximate surface area is 118 Å². The predicted octanol–water partition coefficient (Wildman–Crippen LogP) is 3.27. The molecule has 1 aromatic heterocycles. The number of fused-ring (bicyclic) bond motifs is 1. The molecule has 3 rings (SSSR count). The van der Waals surface area contributed by atoms with E-state index in [1.54, 1.807) is 0 Å². The lowest BCUT2D eigenvalue weighted by Crippen LogP contribution is -2.02. The van der Waals surface area contributed by atoms with Gasteiger partial charge in [0.15, 0.2) is 0 Å². The van der Waals surface area contributed by atoms with E-state index in [0.717, 1.165) is 0 Å². The highest BCUT2D eigenvalue weighted by Gasteiger charge is 2.04. The molecule has 0 aliphatic heterocycles. The molecule has 2 N–H and O–H groups in total. The normalized spacial score (nSPS) is 11.1. The molecule has 0 amide bonds. The second-order valence-electron chi connectivity index (χ2n) is 4.80. The lowest BCUT2D eigenvalue weighted by atomic mass is 10.1. The van der Waals surface area contributed by atoms with Gasteiger partial charge in [0, 0.05) is 18.1 Å². The Kier molecular flexibility index (Phi) is 3.81. The van der Waals surface area contributed by atoms with E-state index in [4.69, 9.17) is 10.5 Å². The van der Waals surface area contributed by atoms with Gasteiger partial charge in [-0.2, -0.15) is 0 Å². The van der Waals surface area contributed by atoms with E-state index >= 15 is 0 Å². The van der Waals surface area contributed by atoms with Gasteiger partial charge in [-0.3, -0.25) is 0 Å². The molecular formula is C17H18N2O. The summed E-state index contributed by atoms with van der Waals surface area (Å²) in [4.78, 5) is 0. The van der Waals surface area contributed by atoms with E-state index in [-0.39, 0.29) is 0 Å². The highest BCUT2D eigenvalue weighted by atomic mass is 16.5. The molecule has 0 aliphatic carbocycles. The summed E-state index contributed by atoms with van der Waals surface area (Å²) in [6.45, 7) is 1.73. The third-order valence-corrected chi connectivity index (χ3v) is 3.47. The summed E-state index contributed by atoms with van der Waals surface area (Å²) in [5.74, 6) is 0. The maximum atomic E-state index is 5.78. The van der Waals surface area contributed by atoms with Crippen molar-refractivity contribution in [3.8, 4) is 0 Å². The fourth-order valence-electron chi connectivity index (χ4n) is 2.41. The second kappa shape index (κ2) is 5.90. The first-order chi connectivity index (χ1) is 9.88. The summed E-state index contributed by atoms with van der Waals surface area (Å²) in [6.07, 6.45) is 2.05. The van der Waals surface area contributed by atoms with Crippen LogP contribution in [0.4, 0.5) is 0 Å². The fourth-order valence-corrected chi connectivity index (χ4v) is 2.41. The molecule has 0 unspecified atom stereocenters. The molecule has 3 aromatic rings. The molecular weight excluding hydrogens is 248 g/mol. The van der Waals surface area contributed by atoms with Gasteiger partial charge in [-0.1, -0.05) is 42.5 Å². The zero-order chi connectivity index (χ0) is 13.8. The van der Waals surface area contributed by atoms with Crippen LogP contribution in [0.1, 0.15) is 11.1 Å². The van der Waals surface area contributed by atoms with Crippen molar-refractivity contribution in [1.82, 2.24) is 4.57 Å². The van der Waals surface area contributed by atoms with Gasteiger partial charge in [0.1, 0.15) is 6.73 Å². The van der Waals surface area contributed by atoms with Crippen LogP contribution in [0.25, 0.3) is 10.9 Å². The summed E-state index contributed by atoms with van der Waals surface area (Å²) in [7, 11) is 0. The molecule has 0 saturated heterocycles. The first kappa shape index (κ1) is 12.9. The molecule has 0 spiro atoms. The van der Waals surface area contributed by atoms with Crippen molar-refractivity contribution in [1.29, 1.82) is 0 Å². The lowest BCUT2D eigenvalue weighted by Gasteiger charge is -2.08. The van der Waals surface area contributed by atoms with Crippen LogP contribution in [0.3, 0.4) is 0 Å². The molecule has 0 fully saturated rings. The number of hydrogen-bond acceptors (Lipinski definition) is 2. The molecule has 0 radical (unpaired) electrons. The van der Waals surface area contributed by atoms with Gasteiger partial charge in [0.25, 0.3) is 0 Å². The molecule has 1 heterocycles. The number of nitrogens with two attached hydrogens (primary N) is 1. The van der Waals surface area contributed by atoms with Gasteiger partial charge >= 0.3 is 0 Å². The molecule has 0 saturated carbocycles. The molecule has 0 atom stereocenters. The molecule has 0 bridgehead atoms. The van der Waals surface area contributed by atoms with Crippen molar-refractivity contribution in [3.05, 3.63) is 71.9 Å². The zero-order valence-corrected chi connectivity index (χ0v) is 11.3. The quantitative estimate of drug-likeness (QED) is 0.770. The largest absolute Gasteiger partial charge is 0.356 e. The number of aromatic nitrogens is 1. The Balaban J connectivity index is 1.72. The van der Waals surface area contributed by atoms with Gasteiger partial charge in [-0.05, 0) is 23.3 Å². The minimum Gasteiger partial charge on any atom is -0.356 e. The Hall–Kier alpha value is -2.10. The number of rotatable bonds is 5. The summed E-state index contributed by atoms with van der Waals surface area (Å²) < 4.78 is 7.89. The Morgan fingerprint density at radius 1 is 0.950 bits per heavy atom. The third-order valence-electron chi connectivity index (χ3n) is 3.47. The van der Waals surface area contributed by atoms with Crippen molar-refractivity contribution < 1.29 is 4.74 Å². The van der Waals surface area contributed by atoms with Crippen LogP contribution >= 0.6 is 0 Å². The Morgan fingerprint density at radius 2 is 1.80 bits per heavy atom. The van der Waals surface area contributed by atoms with E-state index < -0.39 is 0 Å². The molecule has 0 aliphatic rings. The van der Waals surface area contributed by atoms with E-state index in [2.05, 4.69) is 41.1 Å². The summed E-state index contributed by atoms with van der Waals surface area (Å²) in [5, 5.41) is 1.21. The number of hydrogen-bond donors (Lipinski definition) is 1. The molecule has 2 aromatic carbocycles. The first-order valence-electron chi connectivity index (χ1n) is 6.77. The summed E-state index contributed by atoms with van der Waals surface area (Å²) >= 11 is 0. The highest BCUT2D eigenvalue weighted by molar-refractivity contribution is 5.83. The second-order valence-corrected chi connectivity index (χ2v) is 4.80. The van der Waals surface area contributed by atoms with Gasteiger partial charge in [0.2, 0.25) is 0 Å². The van der Waals surface area contributed by atoms with Crippen LogP contribution in [0.15, 0.2) is 60.8 Å². The van der Waals surface area contributed by atoms with Gasteiger partial charge in [-0.25, -0.2) is 0 Å². The SMILES string of the molecule is NCc1cccc2c1ccn2COCc1ccccc1. The van der Waals surface area contributed by atoms with Crippen molar-refractivity contribution in [3.63, 3.8) is 0 Å². The van der Waals surface area contributed by atoms with E-state index in [0.29, 0.717) is 19.9 Å². The van der Waals surface area contributed by atoms with Gasteiger partial charge in [-0.15, -0.1) is 0 Å². The third kappa shape index (κ3) is 2.59. The first-order valence-corrected chi connectivity index (χ1v) is 6.77. The Morgan fingerprint density at radius 3 is 2.60 bits per heavy atom. The van der Waals surface area contributed by atoms with Crippen LogP contribution in [0, 0.1) is 0 Å². The van der Waals surface area contributed by atoms with Crippen molar-refractivity contribution >= 4 is 10.9 Å². The fraction of sp³-hybridized carbons (Fsp3) is 0.176. The molecule has 20 heavy (non-hydrogen) atoms. The summed E-state index contributed by atoms with van der Waals surface area (Å²) in [5.41, 5.74) is 9.29. The average Bonchev–Trinajstić information content (AvgIpc) is 2.92. The number of benzene rings is 2. The predicted molar refractivity (Wildman–Crippen MR) is 81.1 cm³/mol. The maximum absolute atomic E-state index is 5.78. The number of nitrogens with zero attached hydrogens (tertiary/aromatic N) is 1. The number of ether oxygens (including phenoxy) is 1. The van der Waals surface area contributed by atoms with Crippen LogP contribution < -0.4 is 5.73 Å². The van der Waals surface area contributed by atoms with Crippen molar-refractivity contribution in [2.24, 2.45) is 5.73 Å². The standard InChI is InChI=1S/C17H18N2O/c18-11-15-7-4-8-17-16(15)9-10-19(17)13-20-12-14-5-2-1-3-6-14/h1-10H,11-13,18H2. The van der Waals surface area contributed by atoms with Crippen LogP contribution in [0.5, 0.6) is 0 Å². The van der Waals surface area contributed by atoms with E-state index in [9.17, 15) is 0 Å². The zero-order valence-electron chi connectivity index (χ0n) is 11.3. The van der Waals surface area contributed by atoms with Crippen molar-refractivity contribution in [2.45, 2.75) is 19.9 Å². The topological polar surface area (TPSA) is 40.2 Å². The minimum atomic E-state index is 0.548. The Bertz CT molecular complexity index is 689. The van der Waals surface area contributed by atoms with Gasteiger partial charge < -0.3 is 15.0 Å². The monoisotopic (exact) mass is 266 g/mol. The van der Waals surface area contributed by atoms with Gasteiger partial charge in [0.05, 0.1) is 12.1 Å². The molecule has 102 valence electrons. The van der Waals surface area contributed by atoms with E-state index in [1.165, 1.54) is 22.0 Å². The van der Waals surface area contributed by atoms with Crippen LogP contribution in [-0.2, 0) is 24.6 Å².